The fraction of sp³-hybridized carbons (Fsp3) is 0.300. The molecular weight excluding hydrogens is 334 g/mol. The summed E-state index contributed by atoms with van der Waals surface area (Å²) in [5.41, 5.74) is 2.00. The summed E-state index contributed by atoms with van der Waals surface area (Å²) < 4.78 is 15.9. The molecule has 0 aromatic heterocycles. The van der Waals surface area contributed by atoms with E-state index in [1.54, 1.807) is 42.5 Å². The van der Waals surface area contributed by atoms with Crippen LogP contribution >= 0.6 is 0 Å². The first-order chi connectivity index (χ1) is 12.6. The van der Waals surface area contributed by atoms with Gasteiger partial charge in [0.05, 0.1) is 25.8 Å². The predicted molar refractivity (Wildman–Crippen MR) is 95.8 cm³/mol. The largest absolute Gasteiger partial charge is 0.494 e. The van der Waals surface area contributed by atoms with Gasteiger partial charge in [0.2, 0.25) is 0 Å². The van der Waals surface area contributed by atoms with Gasteiger partial charge in [-0.15, -0.1) is 0 Å². The second-order valence-corrected chi connectivity index (χ2v) is 5.93. The summed E-state index contributed by atoms with van der Waals surface area (Å²) in [7, 11) is 1.35. The molecule has 0 spiro atoms. The Hall–Kier alpha value is -3.02. The zero-order chi connectivity index (χ0) is 18.5. The molecule has 6 heteroatoms. The number of rotatable bonds is 6. The molecule has 3 rings (SSSR count). The molecule has 1 heterocycles. The fourth-order valence-electron chi connectivity index (χ4n) is 2.86. The quantitative estimate of drug-likeness (QED) is 0.807. The van der Waals surface area contributed by atoms with E-state index < -0.39 is 0 Å². The van der Waals surface area contributed by atoms with E-state index in [0.717, 1.165) is 17.1 Å². The summed E-state index contributed by atoms with van der Waals surface area (Å²) in [4.78, 5) is 23.9. The summed E-state index contributed by atoms with van der Waals surface area (Å²) >= 11 is 0. The Kier molecular flexibility index (Phi) is 5.41. The molecule has 0 fully saturated rings. The second kappa shape index (κ2) is 7.91. The first kappa shape index (κ1) is 17.8. The van der Waals surface area contributed by atoms with Crippen LogP contribution in [0, 0.1) is 0 Å². The van der Waals surface area contributed by atoms with Gasteiger partial charge in [0.1, 0.15) is 17.6 Å². The number of carbonyl (C=O) groups excluding carboxylic acids is 2. The van der Waals surface area contributed by atoms with E-state index in [2.05, 4.69) is 5.32 Å². The van der Waals surface area contributed by atoms with E-state index in [1.165, 1.54) is 7.11 Å². The van der Waals surface area contributed by atoms with Gasteiger partial charge in [0.15, 0.2) is 0 Å². The maximum atomic E-state index is 12.3. The van der Waals surface area contributed by atoms with Gasteiger partial charge >= 0.3 is 5.97 Å². The number of amides is 1. The number of benzene rings is 2. The molecule has 136 valence electrons. The number of nitrogens with one attached hydrogen (secondary N) is 1. The van der Waals surface area contributed by atoms with E-state index in [1.807, 2.05) is 6.92 Å². The monoisotopic (exact) mass is 355 g/mol. The molecular formula is C20H21NO5. The number of hydrogen-bond donors (Lipinski definition) is 1. The first-order valence-electron chi connectivity index (χ1n) is 8.49. The lowest BCUT2D eigenvalue weighted by Crippen LogP contribution is -2.34. The van der Waals surface area contributed by atoms with Crippen molar-refractivity contribution in [2.75, 3.05) is 20.3 Å². The van der Waals surface area contributed by atoms with E-state index in [0.29, 0.717) is 30.7 Å². The second-order valence-electron chi connectivity index (χ2n) is 5.93. The standard InChI is InChI=1S/C20H21NO5/c1-3-25-16-7-4-13(5-8-16)19(22)21-12-17-11-15-10-14(20(23)24-2)6-9-18(15)26-17/h4-10,17H,3,11-12H2,1-2H3,(H,21,22)/t17-/m0/s1. The van der Waals surface area contributed by atoms with Crippen LogP contribution in [0.2, 0.25) is 0 Å². The first-order valence-corrected chi connectivity index (χ1v) is 8.49. The highest BCUT2D eigenvalue weighted by molar-refractivity contribution is 5.94. The molecule has 0 saturated heterocycles. The van der Waals surface area contributed by atoms with Crippen LogP contribution in [0.25, 0.3) is 0 Å². The van der Waals surface area contributed by atoms with E-state index in [9.17, 15) is 9.59 Å². The highest BCUT2D eigenvalue weighted by atomic mass is 16.5. The van der Waals surface area contributed by atoms with Gasteiger partial charge < -0.3 is 19.5 Å². The van der Waals surface area contributed by atoms with Crippen molar-refractivity contribution in [3.63, 3.8) is 0 Å². The molecule has 1 aliphatic rings. The maximum absolute atomic E-state index is 12.3. The van der Waals surface area contributed by atoms with Crippen LogP contribution in [0.1, 0.15) is 33.2 Å². The highest BCUT2D eigenvalue weighted by Crippen LogP contribution is 2.29. The third kappa shape index (κ3) is 3.96. The van der Waals surface area contributed by atoms with Crippen LogP contribution in [-0.4, -0.2) is 38.2 Å². The predicted octanol–water partition coefficient (Wildman–Crippen LogP) is 2.61. The number of methoxy groups -OCH3 is 1. The summed E-state index contributed by atoms with van der Waals surface area (Å²) in [6.07, 6.45) is 0.466. The van der Waals surface area contributed by atoms with E-state index in [4.69, 9.17) is 14.2 Å². The van der Waals surface area contributed by atoms with Gasteiger partial charge in [0, 0.05) is 12.0 Å². The lowest BCUT2D eigenvalue weighted by Gasteiger charge is -2.12. The smallest absolute Gasteiger partial charge is 0.337 e. The van der Waals surface area contributed by atoms with Crippen molar-refractivity contribution in [2.24, 2.45) is 0 Å². The number of carbonyl (C=O) groups is 2. The molecule has 1 atom stereocenters. The van der Waals surface area contributed by atoms with Crippen LogP contribution in [0.15, 0.2) is 42.5 Å². The van der Waals surface area contributed by atoms with Crippen molar-refractivity contribution >= 4 is 11.9 Å². The maximum Gasteiger partial charge on any atom is 0.337 e. The number of esters is 1. The molecule has 0 saturated carbocycles. The zero-order valence-corrected chi connectivity index (χ0v) is 14.8. The van der Waals surface area contributed by atoms with Crippen molar-refractivity contribution in [3.05, 3.63) is 59.2 Å². The fourth-order valence-corrected chi connectivity index (χ4v) is 2.86. The molecule has 0 unspecified atom stereocenters. The number of hydrogen-bond acceptors (Lipinski definition) is 5. The molecule has 2 aromatic rings. The van der Waals surface area contributed by atoms with Crippen molar-refractivity contribution in [2.45, 2.75) is 19.4 Å². The van der Waals surface area contributed by atoms with Gasteiger partial charge in [-0.05, 0) is 55.0 Å². The Morgan fingerprint density at radius 1 is 1.15 bits per heavy atom. The van der Waals surface area contributed by atoms with Crippen LogP contribution < -0.4 is 14.8 Å². The highest BCUT2D eigenvalue weighted by Gasteiger charge is 2.24. The van der Waals surface area contributed by atoms with Crippen LogP contribution in [-0.2, 0) is 11.2 Å². The minimum atomic E-state index is -0.375. The average Bonchev–Trinajstić information content (AvgIpc) is 3.08. The number of ether oxygens (including phenoxy) is 3. The summed E-state index contributed by atoms with van der Waals surface area (Å²) in [6, 6.07) is 12.2. The van der Waals surface area contributed by atoms with Gasteiger partial charge in [0.25, 0.3) is 5.91 Å². The molecule has 0 radical (unpaired) electrons. The summed E-state index contributed by atoms with van der Waals surface area (Å²) in [5, 5.41) is 2.88. The van der Waals surface area contributed by atoms with Crippen molar-refractivity contribution < 1.29 is 23.8 Å². The Balaban J connectivity index is 1.55. The van der Waals surface area contributed by atoms with Gasteiger partial charge in [-0.3, -0.25) is 4.79 Å². The third-order valence-corrected chi connectivity index (χ3v) is 4.14. The van der Waals surface area contributed by atoms with E-state index in [-0.39, 0.29) is 18.0 Å². The Morgan fingerprint density at radius 2 is 1.88 bits per heavy atom. The minimum Gasteiger partial charge on any atom is -0.494 e. The van der Waals surface area contributed by atoms with Crippen LogP contribution in [0.5, 0.6) is 11.5 Å². The van der Waals surface area contributed by atoms with E-state index >= 15 is 0 Å². The van der Waals surface area contributed by atoms with Gasteiger partial charge in [-0.1, -0.05) is 0 Å². The molecule has 1 amide bonds. The van der Waals surface area contributed by atoms with Crippen molar-refractivity contribution in [1.82, 2.24) is 5.32 Å². The van der Waals surface area contributed by atoms with Gasteiger partial charge in [-0.2, -0.15) is 0 Å². The Morgan fingerprint density at radius 3 is 2.58 bits per heavy atom. The molecule has 2 aromatic carbocycles. The normalized spacial score (nSPS) is 14.9. The summed E-state index contributed by atoms with van der Waals surface area (Å²) in [5.74, 6) is 0.931. The van der Waals surface area contributed by atoms with Crippen LogP contribution in [0.3, 0.4) is 0 Å². The van der Waals surface area contributed by atoms with Crippen molar-refractivity contribution in [1.29, 1.82) is 0 Å². The summed E-state index contributed by atoms with van der Waals surface area (Å²) in [6.45, 7) is 2.88. The molecule has 1 aliphatic heterocycles. The van der Waals surface area contributed by atoms with Gasteiger partial charge in [-0.25, -0.2) is 4.79 Å². The van der Waals surface area contributed by atoms with Crippen LogP contribution in [0.4, 0.5) is 0 Å². The molecule has 0 aliphatic carbocycles. The molecule has 26 heavy (non-hydrogen) atoms. The topological polar surface area (TPSA) is 73.9 Å². The number of fused-ring (bicyclic) bond motifs is 1. The SMILES string of the molecule is CCOc1ccc(C(=O)NC[C@@H]2Cc3cc(C(=O)OC)ccc3O2)cc1. The minimum absolute atomic E-state index is 0.162. The molecule has 0 bridgehead atoms. The Labute approximate surface area is 152 Å². The average molecular weight is 355 g/mol. The molecule has 6 nitrogen and oxygen atoms in total. The molecule has 1 N–H and O–H groups in total. The third-order valence-electron chi connectivity index (χ3n) is 4.14. The lowest BCUT2D eigenvalue weighted by molar-refractivity contribution is 0.0600. The zero-order valence-electron chi connectivity index (χ0n) is 14.8. The Bertz CT molecular complexity index is 800. The lowest BCUT2D eigenvalue weighted by atomic mass is 10.1. The van der Waals surface area contributed by atoms with Crippen molar-refractivity contribution in [3.8, 4) is 11.5 Å².